The van der Waals surface area contributed by atoms with E-state index in [1.807, 2.05) is 0 Å². The van der Waals surface area contributed by atoms with Crippen LogP contribution >= 0.6 is 23.2 Å². The summed E-state index contributed by atoms with van der Waals surface area (Å²) in [5, 5.41) is 29.6. The minimum Gasteiger partial charge on any atom is -0.394 e. The molecule has 0 spiro atoms. The third kappa shape index (κ3) is 2.09. The molecule has 2 heterocycles. The number of fused-ring (bicyclic) bond motifs is 1. The zero-order valence-corrected chi connectivity index (χ0v) is 11.7. The highest BCUT2D eigenvalue weighted by atomic mass is 35.5. The number of halogens is 2. The van der Waals surface area contributed by atoms with Crippen LogP contribution in [-0.4, -0.2) is 49.8 Å². The van der Waals surface area contributed by atoms with Gasteiger partial charge < -0.3 is 24.6 Å². The van der Waals surface area contributed by atoms with Gasteiger partial charge in [-0.1, -0.05) is 23.2 Å². The molecule has 3 rings (SSSR count). The Balaban J connectivity index is 2.05. The van der Waals surface area contributed by atoms with Crippen LogP contribution in [-0.2, 0) is 4.74 Å². The predicted octanol–water partition coefficient (Wildman–Crippen LogP) is 0.955. The number of nitrogens with zero attached hydrogens (tertiary/aromatic N) is 2. The van der Waals surface area contributed by atoms with Crippen LogP contribution in [0.4, 0.5) is 0 Å². The van der Waals surface area contributed by atoms with Crippen LogP contribution in [0, 0.1) is 0 Å². The third-order valence-electron chi connectivity index (χ3n) is 3.41. The number of imidazole rings is 1. The lowest BCUT2D eigenvalue weighted by atomic mass is 10.1. The maximum atomic E-state index is 10.0. The molecule has 1 saturated heterocycles. The van der Waals surface area contributed by atoms with Crippen LogP contribution in [0.2, 0.25) is 10.0 Å². The summed E-state index contributed by atoms with van der Waals surface area (Å²) >= 11 is 11.9. The van der Waals surface area contributed by atoms with Crippen molar-refractivity contribution < 1.29 is 20.1 Å². The summed E-state index contributed by atoms with van der Waals surface area (Å²) in [4.78, 5) is 4.16. The zero-order chi connectivity index (χ0) is 14.4. The van der Waals surface area contributed by atoms with Gasteiger partial charge in [0, 0.05) is 0 Å². The highest BCUT2D eigenvalue weighted by molar-refractivity contribution is 6.42. The molecule has 0 amide bonds. The number of aliphatic hydroxyl groups is 3. The van der Waals surface area contributed by atoms with Gasteiger partial charge in [0.05, 0.1) is 34.0 Å². The molecule has 108 valence electrons. The average Bonchev–Trinajstić information content (AvgIpc) is 2.94. The minimum atomic E-state index is -1.17. The summed E-state index contributed by atoms with van der Waals surface area (Å²) in [6, 6.07) is 3.22. The van der Waals surface area contributed by atoms with E-state index in [1.165, 1.54) is 6.33 Å². The van der Waals surface area contributed by atoms with Crippen LogP contribution in [0.3, 0.4) is 0 Å². The van der Waals surface area contributed by atoms with Gasteiger partial charge in [0.2, 0.25) is 0 Å². The van der Waals surface area contributed by atoms with Crippen LogP contribution in [0.1, 0.15) is 6.23 Å². The fourth-order valence-corrected chi connectivity index (χ4v) is 2.65. The second kappa shape index (κ2) is 5.14. The summed E-state index contributed by atoms with van der Waals surface area (Å²) < 4.78 is 7.01. The molecule has 1 aromatic carbocycles. The molecule has 20 heavy (non-hydrogen) atoms. The summed E-state index contributed by atoms with van der Waals surface area (Å²) in [7, 11) is 0. The van der Waals surface area contributed by atoms with E-state index < -0.39 is 24.5 Å². The summed E-state index contributed by atoms with van der Waals surface area (Å²) in [6.45, 7) is -0.381. The minimum absolute atomic E-state index is 0.354. The highest BCUT2D eigenvalue weighted by Gasteiger charge is 2.43. The Labute approximate surface area is 124 Å². The Morgan fingerprint density at radius 3 is 2.55 bits per heavy atom. The number of hydrogen-bond acceptors (Lipinski definition) is 5. The van der Waals surface area contributed by atoms with E-state index >= 15 is 0 Å². The van der Waals surface area contributed by atoms with Crippen LogP contribution in [0.25, 0.3) is 11.0 Å². The number of benzene rings is 1. The Kier molecular flexibility index (Phi) is 3.62. The number of hydrogen-bond donors (Lipinski definition) is 3. The fourth-order valence-electron chi connectivity index (χ4n) is 2.34. The fraction of sp³-hybridized carbons (Fsp3) is 0.417. The smallest absolute Gasteiger partial charge is 0.164 e. The van der Waals surface area contributed by atoms with E-state index in [0.29, 0.717) is 21.1 Å². The molecule has 3 N–H and O–H groups in total. The third-order valence-corrected chi connectivity index (χ3v) is 4.13. The first-order valence-corrected chi connectivity index (χ1v) is 6.72. The van der Waals surface area contributed by atoms with Crippen molar-refractivity contribution in [3.05, 3.63) is 28.5 Å². The van der Waals surface area contributed by atoms with E-state index in [1.54, 1.807) is 16.7 Å². The lowest BCUT2D eigenvalue weighted by Crippen LogP contribution is -2.33. The topological polar surface area (TPSA) is 87.7 Å². The van der Waals surface area contributed by atoms with Crippen LogP contribution in [0.5, 0.6) is 0 Å². The zero-order valence-electron chi connectivity index (χ0n) is 10.1. The van der Waals surface area contributed by atoms with E-state index in [4.69, 9.17) is 33.0 Å². The van der Waals surface area contributed by atoms with Gasteiger partial charge >= 0.3 is 0 Å². The Morgan fingerprint density at radius 2 is 1.90 bits per heavy atom. The van der Waals surface area contributed by atoms with Gasteiger partial charge in [0.1, 0.15) is 18.3 Å². The molecule has 1 aliphatic heterocycles. The molecule has 1 unspecified atom stereocenters. The van der Waals surface area contributed by atoms with E-state index in [2.05, 4.69) is 4.98 Å². The molecule has 8 heteroatoms. The highest BCUT2D eigenvalue weighted by Crippen LogP contribution is 2.34. The van der Waals surface area contributed by atoms with Gasteiger partial charge in [-0.2, -0.15) is 0 Å². The molecule has 1 aromatic heterocycles. The van der Waals surface area contributed by atoms with Crippen molar-refractivity contribution in [2.24, 2.45) is 0 Å². The molecule has 2 aromatic rings. The SMILES string of the molecule is OC[C@H]1O[C@@H](n2cnc3cc(Cl)c(Cl)cc32)[C@@H](O)C1O. The van der Waals surface area contributed by atoms with Crippen molar-refractivity contribution in [2.75, 3.05) is 6.61 Å². The molecule has 0 saturated carbocycles. The second-order valence-electron chi connectivity index (χ2n) is 4.64. The quantitative estimate of drug-likeness (QED) is 0.767. The maximum absolute atomic E-state index is 10.0. The Hall–Kier alpha value is -0.890. The van der Waals surface area contributed by atoms with Gasteiger partial charge in [-0.3, -0.25) is 0 Å². The number of rotatable bonds is 2. The predicted molar refractivity (Wildman–Crippen MR) is 72.8 cm³/mol. The van der Waals surface area contributed by atoms with Crippen LogP contribution < -0.4 is 0 Å². The lowest BCUT2D eigenvalue weighted by molar-refractivity contribution is -0.0508. The lowest BCUT2D eigenvalue weighted by Gasteiger charge is -2.17. The van der Waals surface area contributed by atoms with Crippen molar-refractivity contribution in [3.8, 4) is 0 Å². The van der Waals surface area contributed by atoms with E-state index in [0.717, 1.165) is 0 Å². The van der Waals surface area contributed by atoms with Crippen molar-refractivity contribution in [2.45, 2.75) is 24.5 Å². The Morgan fingerprint density at radius 1 is 1.20 bits per heavy atom. The first-order chi connectivity index (χ1) is 9.52. The monoisotopic (exact) mass is 318 g/mol. The molecule has 0 bridgehead atoms. The largest absolute Gasteiger partial charge is 0.394 e. The summed E-state index contributed by atoms with van der Waals surface area (Å²) in [5.41, 5.74) is 1.21. The van der Waals surface area contributed by atoms with Crippen LogP contribution in [0.15, 0.2) is 18.5 Å². The van der Waals surface area contributed by atoms with E-state index in [9.17, 15) is 10.2 Å². The van der Waals surface area contributed by atoms with Gasteiger partial charge in [-0.15, -0.1) is 0 Å². The van der Waals surface area contributed by atoms with Crippen molar-refractivity contribution in [3.63, 3.8) is 0 Å². The van der Waals surface area contributed by atoms with Gasteiger partial charge in [0.25, 0.3) is 0 Å². The van der Waals surface area contributed by atoms with E-state index in [-0.39, 0.29) is 6.61 Å². The summed E-state index contributed by atoms with van der Waals surface area (Å²) in [5.74, 6) is 0. The molecular weight excluding hydrogens is 307 g/mol. The first kappa shape index (κ1) is 14.1. The number of aliphatic hydroxyl groups excluding tert-OH is 3. The van der Waals surface area contributed by atoms with Crippen molar-refractivity contribution >= 4 is 34.2 Å². The molecule has 1 fully saturated rings. The Bertz CT molecular complexity index is 648. The second-order valence-corrected chi connectivity index (χ2v) is 5.45. The number of aromatic nitrogens is 2. The van der Waals surface area contributed by atoms with Gasteiger partial charge in [0.15, 0.2) is 6.23 Å². The normalized spacial score (nSPS) is 30.2. The number of ether oxygens (including phenoxy) is 1. The van der Waals surface area contributed by atoms with Crippen molar-refractivity contribution in [1.82, 2.24) is 9.55 Å². The molecule has 6 nitrogen and oxygen atoms in total. The standard InChI is InChI=1S/C12H12Cl2N2O4/c13-5-1-7-8(2-6(5)14)16(4-15-7)12-11(19)10(18)9(3-17)20-12/h1-2,4,9-12,17-19H,3H2/t9-,10?,11+,12-/m1/s1. The molecule has 1 aliphatic rings. The summed E-state index contributed by atoms with van der Waals surface area (Å²) in [6.07, 6.45) is -2.54. The van der Waals surface area contributed by atoms with Crippen molar-refractivity contribution in [1.29, 1.82) is 0 Å². The molecule has 0 radical (unpaired) electrons. The maximum Gasteiger partial charge on any atom is 0.164 e. The molecule has 0 aliphatic carbocycles. The van der Waals surface area contributed by atoms with Gasteiger partial charge in [-0.05, 0) is 12.1 Å². The van der Waals surface area contributed by atoms with Gasteiger partial charge in [-0.25, -0.2) is 4.98 Å². The molecular formula is C12H12Cl2N2O4. The first-order valence-electron chi connectivity index (χ1n) is 5.97. The molecule has 4 atom stereocenters. The average molecular weight is 319 g/mol.